The van der Waals surface area contributed by atoms with E-state index in [0.29, 0.717) is 18.3 Å². The van der Waals surface area contributed by atoms with Crippen molar-refractivity contribution in [1.82, 2.24) is 15.1 Å². The molecule has 3 atom stereocenters. The Balaban J connectivity index is 1.35. The average molecular weight is 496 g/mol. The van der Waals surface area contributed by atoms with Crippen LogP contribution in [0.5, 0.6) is 0 Å². The van der Waals surface area contributed by atoms with Crippen molar-refractivity contribution in [3.63, 3.8) is 0 Å². The van der Waals surface area contributed by atoms with Gasteiger partial charge >= 0.3 is 6.09 Å². The third-order valence-corrected chi connectivity index (χ3v) is 7.22. The molecule has 0 radical (unpaired) electrons. The first-order valence-electron chi connectivity index (χ1n) is 12.8. The van der Waals surface area contributed by atoms with Crippen LogP contribution in [0.2, 0.25) is 0 Å². The number of fused-ring (bicyclic) bond motifs is 1. The van der Waals surface area contributed by atoms with Crippen molar-refractivity contribution >= 4 is 12.0 Å². The highest BCUT2D eigenvalue weighted by Gasteiger charge is 2.42. The second kappa shape index (κ2) is 10.6. The molecule has 36 heavy (non-hydrogen) atoms. The lowest BCUT2D eigenvalue weighted by atomic mass is 10.0. The lowest BCUT2D eigenvalue weighted by molar-refractivity contribution is 0.0498. The second-order valence-corrected chi connectivity index (χ2v) is 11.3. The summed E-state index contributed by atoms with van der Waals surface area (Å²) in [4.78, 5) is 30.1. The van der Waals surface area contributed by atoms with Crippen molar-refractivity contribution in [2.45, 2.75) is 52.7 Å². The highest BCUT2D eigenvalue weighted by Crippen LogP contribution is 2.33. The van der Waals surface area contributed by atoms with Crippen LogP contribution in [-0.2, 0) is 4.74 Å². The number of amides is 2. The van der Waals surface area contributed by atoms with Crippen LogP contribution in [0.15, 0.2) is 42.5 Å². The van der Waals surface area contributed by atoms with E-state index in [9.17, 15) is 14.0 Å². The fourth-order valence-electron chi connectivity index (χ4n) is 5.56. The highest BCUT2D eigenvalue weighted by atomic mass is 19.1. The number of likely N-dealkylation sites (tertiary alicyclic amines) is 2. The summed E-state index contributed by atoms with van der Waals surface area (Å²) in [5.74, 6) is 0.710. The first kappa shape index (κ1) is 26.1. The van der Waals surface area contributed by atoms with Crippen LogP contribution in [0, 0.1) is 31.5 Å². The fourth-order valence-corrected chi connectivity index (χ4v) is 5.56. The molecule has 2 aliphatic rings. The Bertz CT molecular complexity index is 1080. The van der Waals surface area contributed by atoms with Gasteiger partial charge in [0, 0.05) is 38.3 Å². The van der Waals surface area contributed by atoms with E-state index in [1.54, 1.807) is 6.07 Å². The van der Waals surface area contributed by atoms with E-state index in [1.807, 2.05) is 63.8 Å². The number of hydrogen-bond acceptors (Lipinski definition) is 4. The van der Waals surface area contributed by atoms with Gasteiger partial charge in [-0.05, 0) is 81.7 Å². The standard InChI is InChI=1S/C29H38FN3O3/c1-19-8-6-9-20(2)26(19)27(34)33-17-22-15-32(16-23(22)18-33)13-12-25(21-10-7-11-24(30)14-21)31-28(35)36-29(3,4)5/h6-11,14,22-23,25H,12-13,15-18H2,1-5H3,(H,31,35)/t22-,23?,25?/m0/s1. The number of benzene rings is 2. The van der Waals surface area contributed by atoms with Gasteiger partial charge in [0.2, 0.25) is 0 Å². The molecule has 0 bridgehead atoms. The molecule has 2 unspecified atom stereocenters. The number of alkyl carbamates (subject to hydrolysis) is 1. The summed E-state index contributed by atoms with van der Waals surface area (Å²) < 4.78 is 19.4. The van der Waals surface area contributed by atoms with Gasteiger partial charge in [-0.25, -0.2) is 9.18 Å². The van der Waals surface area contributed by atoms with Crippen molar-refractivity contribution in [3.8, 4) is 0 Å². The third kappa shape index (κ3) is 6.25. The highest BCUT2D eigenvalue weighted by molar-refractivity contribution is 5.97. The number of carbonyl (C=O) groups excluding carboxylic acids is 2. The maximum absolute atomic E-state index is 13.9. The fraction of sp³-hybridized carbons (Fsp3) is 0.517. The summed E-state index contributed by atoms with van der Waals surface area (Å²) >= 11 is 0. The lowest BCUT2D eigenvalue weighted by Crippen LogP contribution is -2.37. The average Bonchev–Trinajstić information content (AvgIpc) is 3.34. The normalized spacial score (nSPS) is 20.8. The van der Waals surface area contributed by atoms with Gasteiger partial charge in [0.15, 0.2) is 0 Å². The van der Waals surface area contributed by atoms with Crippen molar-refractivity contribution in [2.75, 3.05) is 32.7 Å². The van der Waals surface area contributed by atoms with Crippen molar-refractivity contribution in [2.24, 2.45) is 11.8 Å². The molecule has 2 saturated heterocycles. The first-order chi connectivity index (χ1) is 17.0. The Kier molecular flexibility index (Phi) is 7.69. The number of nitrogens with zero attached hydrogens (tertiary/aromatic N) is 2. The smallest absolute Gasteiger partial charge is 0.408 e. The molecule has 0 aromatic heterocycles. The molecule has 0 spiro atoms. The van der Waals surface area contributed by atoms with Gasteiger partial charge < -0.3 is 19.9 Å². The second-order valence-electron chi connectivity index (χ2n) is 11.3. The molecule has 7 heteroatoms. The zero-order chi connectivity index (χ0) is 26.0. The summed E-state index contributed by atoms with van der Waals surface area (Å²) in [6, 6.07) is 12.0. The van der Waals surface area contributed by atoms with E-state index in [0.717, 1.165) is 55.0 Å². The van der Waals surface area contributed by atoms with Gasteiger partial charge in [0.05, 0.1) is 6.04 Å². The predicted octanol–water partition coefficient (Wildman–Crippen LogP) is 5.10. The molecule has 2 heterocycles. The Morgan fingerprint density at radius 2 is 1.64 bits per heavy atom. The molecule has 2 amide bonds. The van der Waals surface area contributed by atoms with E-state index in [4.69, 9.17) is 4.74 Å². The molecule has 194 valence electrons. The van der Waals surface area contributed by atoms with Crippen LogP contribution in [0.4, 0.5) is 9.18 Å². The minimum atomic E-state index is -0.608. The van der Waals surface area contributed by atoms with Gasteiger partial charge in [-0.2, -0.15) is 0 Å². The van der Waals surface area contributed by atoms with E-state index in [1.165, 1.54) is 12.1 Å². The van der Waals surface area contributed by atoms with E-state index in [2.05, 4.69) is 10.2 Å². The molecule has 2 aromatic carbocycles. The van der Waals surface area contributed by atoms with Gasteiger partial charge in [0.1, 0.15) is 11.4 Å². The molecular formula is C29H38FN3O3. The number of carbonyl (C=O) groups is 2. The predicted molar refractivity (Wildman–Crippen MR) is 138 cm³/mol. The van der Waals surface area contributed by atoms with Crippen LogP contribution in [0.3, 0.4) is 0 Å². The van der Waals surface area contributed by atoms with Crippen LogP contribution >= 0.6 is 0 Å². The maximum Gasteiger partial charge on any atom is 0.408 e. The Morgan fingerprint density at radius 3 is 2.22 bits per heavy atom. The zero-order valence-electron chi connectivity index (χ0n) is 22.0. The molecule has 0 saturated carbocycles. The first-order valence-corrected chi connectivity index (χ1v) is 12.8. The molecule has 0 aliphatic carbocycles. The van der Waals surface area contributed by atoms with Crippen LogP contribution in [-0.4, -0.2) is 60.1 Å². The van der Waals surface area contributed by atoms with Crippen molar-refractivity contribution in [3.05, 3.63) is 70.5 Å². The van der Waals surface area contributed by atoms with E-state index in [-0.39, 0.29) is 17.8 Å². The van der Waals surface area contributed by atoms with Crippen molar-refractivity contribution < 1.29 is 18.7 Å². The number of ether oxygens (including phenoxy) is 1. The van der Waals surface area contributed by atoms with Gasteiger partial charge in [0.25, 0.3) is 5.91 Å². The molecule has 4 rings (SSSR count). The van der Waals surface area contributed by atoms with E-state index >= 15 is 0 Å². The Morgan fingerprint density at radius 1 is 1.03 bits per heavy atom. The van der Waals surface area contributed by atoms with Gasteiger partial charge in [-0.15, -0.1) is 0 Å². The summed E-state index contributed by atoms with van der Waals surface area (Å²) in [7, 11) is 0. The number of halogens is 1. The van der Waals surface area contributed by atoms with E-state index < -0.39 is 11.7 Å². The summed E-state index contributed by atoms with van der Waals surface area (Å²) in [5.41, 5.74) is 3.01. The summed E-state index contributed by atoms with van der Waals surface area (Å²) in [5, 5.41) is 2.93. The monoisotopic (exact) mass is 495 g/mol. The van der Waals surface area contributed by atoms with Crippen LogP contribution in [0.1, 0.15) is 60.3 Å². The zero-order valence-corrected chi connectivity index (χ0v) is 22.0. The molecule has 2 aromatic rings. The molecule has 2 fully saturated rings. The summed E-state index contributed by atoms with van der Waals surface area (Å²) in [6.07, 6.45) is 0.142. The topological polar surface area (TPSA) is 61.9 Å². The SMILES string of the molecule is Cc1cccc(C)c1C(=O)N1CC2CN(CCC(NC(=O)OC(C)(C)C)c3cccc(F)c3)C[C@H]2C1. The summed E-state index contributed by atoms with van der Waals surface area (Å²) in [6.45, 7) is 13.6. The third-order valence-electron chi connectivity index (χ3n) is 7.22. The van der Waals surface area contributed by atoms with Crippen LogP contribution in [0.25, 0.3) is 0 Å². The van der Waals surface area contributed by atoms with Crippen LogP contribution < -0.4 is 5.32 Å². The number of hydrogen-bond donors (Lipinski definition) is 1. The Labute approximate surface area is 213 Å². The number of aryl methyl sites for hydroxylation is 2. The lowest BCUT2D eigenvalue weighted by Gasteiger charge is -2.26. The largest absolute Gasteiger partial charge is 0.444 e. The van der Waals surface area contributed by atoms with Gasteiger partial charge in [-0.1, -0.05) is 30.3 Å². The maximum atomic E-state index is 13.9. The molecule has 2 aliphatic heterocycles. The van der Waals surface area contributed by atoms with Gasteiger partial charge in [-0.3, -0.25) is 4.79 Å². The minimum absolute atomic E-state index is 0.138. The molecule has 1 N–H and O–H groups in total. The quantitative estimate of drug-likeness (QED) is 0.606. The molecule has 6 nitrogen and oxygen atoms in total. The number of nitrogens with one attached hydrogen (secondary N) is 1. The van der Waals surface area contributed by atoms with Crippen molar-refractivity contribution in [1.29, 1.82) is 0 Å². The molecular weight excluding hydrogens is 457 g/mol. The minimum Gasteiger partial charge on any atom is -0.444 e. The number of rotatable bonds is 6. The Hall–Kier alpha value is -2.93.